The van der Waals surface area contributed by atoms with Crippen LogP contribution in [0, 0.1) is 52.3 Å². The van der Waals surface area contributed by atoms with Gasteiger partial charge in [0.15, 0.2) is 0 Å². The third-order valence-corrected chi connectivity index (χ3v) is 10.2. The highest BCUT2D eigenvalue weighted by molar-refractivity contribution is 5.30. The minimum absolute atomic E-state index is 0.0877. The fourth-order valence-electron chi connectivity index (χ4n) is 7.91. The molecule has 1 N–H and O–H groups in total. The number of allylic oxidation sites excluding steroid dienone is 3. The number of aliphatic hydroxyl groups is 1. The molecule has 0 aromatic carbocycles. The van der Waals surface area contributed by atoms with Gasteiger partial charge in [0.25, 0.3) is 0 Å². The Kier molecular flexibility index (Phi) is 5.39. The van der Waals surface area contributed by atoms with Crippen molar-refractivity contribution in [2.45, 2.75) is 92.6 Å². The molecule has 3 fully saturated rings. The third-order valence-electron chi connectivity index (χ3n) is 10.2. The third kappa shape index (κ3) is 3.15. The minimum Gasteiger partial charge on any atom is -0.393 e. The van der Waals surface area contributed by atoms with Gasteiger partial charge >= 0.3 is 0 Å². The normalized spacial score (nSPS) is 47.6. The van der Waals surface area contributed by atoms with Gasteiger partial charge in [0, 0.05) is 0 Å². The molecule has 0 amide bonds. The highest BCUT2D eigenvalue weighted by atomic mass is 16.3. The molecule has 0 aromatic heterocycles. The zero-order valence-corrected chi connectivity index (χ0v) is 19.2. The first-order valence-electron chi connectivity index (χ1n) is 12.2. The summed E-state index contributed by atoms with van der Waals surface area (Å²) in [5.41, 5.74) is 2.51. The van der Waals surface area contributed by atoms with Gasteiger partial charge in [-0.2, -0.15) is 0 Å². The molecule has 0 unspecified atom stereocenters. The first kappa shape index (κ1) is 20.7. The molecule has 9 atom stereocenters. The molecule has 0 spiro atoms. The van der Waals surface area contributed by atoms with Crippen molar-refractivity contribution in [2.75, 3.05) is 0 Å². The zero-order valence-electron chi connectivity index (χ0n) is 19.2. The topological polar surface area (TPSA) is 20.2 Å². The van der Waals surface area contributed by atoms with E-state index < -0.39 is 0 Å². The van der Waals surface area contributed by atoms with Crippen LogP contribution in [-0.2, 0) is 0 Å². The van der Waals surface area contributed by atoms with E-state index in [0.717, 1.165) is 42.4 Å². The maximum Gasteiger partial charge on any atom is 0.0577 e. The summed E-state index contributed by atoms with van der Waals surface area (Å²) in [6.45, 7) is 14.7. The maximum absolute atomic E-state index is 10.3. The number of fused-ring (bicyclic) bond motifs is 5. The van der Waals surface area contributed by atoms with E-state index >= 15 is 0 Å². The quantitative estimate of drug-likeness (QED) is 0.516. The SMILES string of the molecule is CC(C)[C@@H](C)C=C[C@@H](C)[C@H]1CC[C@H]2[C@@H]3C=C4C[C@@H](O)CC[C@]4(C)[C@H]3CC[C@]12C. The van der Waals surface area contributed by atoms with E-state index in [9.17, 15) is 5.11 Å². The van der Waals surface area contributed by atoms with E-state index in [1.807, 2.05) is 0 Å². The largest absolute Gasteiger partial charge is 0.393 e. The van der Waals surface area contributed by atoms with Crippen molar-refractivity contribution >= 4 is 0 Å². The van der Waals surface area contributed by atoms with E-state index in [4.69, 9.17) is 0 Å². The molecule has 1 nitrogen and oxygen atoms in total. The van der Waals surface area contributed by atoms with Crippen LogP contribution in [0.15, 0.2) is 23.8 Å². The van der Waals surface area contributed by atoms with E-state index in [-0.39, 0.29) is 6.10 Å². The molecule has 28 heavy (non-hydrogen) atoms. The fraction of sp³-hybridized carbons (Fsp3) is 0.852. The minimum atomic E-state index is -0.0877. The highest BCUT2D eigenvalue weighted by Crippen LogP contribution is 2.68. The fourth-order valence-corrected chi connectivity index (χ4v) is 7.91. The van der Waals surface area contributed by atoms with Gasteiger partial charge in [-0.25, -0.2) is 0 Å². The summed E-state index contributed by atoms with van der Waals surface area (Å²) >= 11 is 0. The van der Waals surface area contributed by atoms with Gasteiger partial charge in [-0.3, -0.25) is 0 Å². The van der Waals surface area contributed by atoms with Crippen LogP contribution < -0.4 is 0 Å². The van der Waals surface area contributed by atoms with Crippen LogP contribution in [0.2, 0.25) is 0 Å². The van der Waals surface area contributed by atoms with Gasteiger partial charge in [0.2, 0.25) is 0 Å². The van der Waals surface area contributed by atoms with Crippen LogP contribution in [0.1, 0.15) is 86.5 Å². The number of aliphatic hydroxyl groups excluding tert-OH is 1. The Balaban J connectivity index is 1.54. The molecule has 3 saturated carbocycles. The molecule has 1 heteroatoms. The second kappa shape index (κ2) is 7.29. The summed E-state index contributed by atoms with van der Waals surface area (Å²) in [5, 5.41) is 10.3. The predicted octanol–water partition coefficient (Wildman–Crippen LogP) is 7.02. The smallest absolute Gasteiger partial charge is 0.0577 e. The van der Waals surface area contributed by atoms with Gasteiger partial charge < -0.3 is 5.11 Å². The lowest BCUT2D eigenvalue weighted by molar-refractivity contribution is -0.0142. The average molecular weight is 385 g/mol. The summed E-state index contributed by atoms with van der Waals surface area (Å²) in [5.74, 6) is 5.43. The lowest BCUT2D eigenvalue weighted by Gasteiger charge is -2.51. The van der Waals surface area contributed by atoms with Crippen LogP contribution in [0.3, 0.4) is 0 Å². The standard InChI is InChI=1S/C27H44O/c1-17(2)18(3)7-8-19(4)23-9-10-24-22-16-20-15-21(28)11-13-26(20,5)25(22)12-14-27(23,24)6/h7-8,16-19,21-25,28H,9-15H2,1-6H3/t18-,19+,21-,22-,23+,24-,25-,26-,27+/m0/s1. The zero-order chi connectivity index (χ0) is 20.3. The van der Waals surface area contributed by atoms with Crippen LogP contribution in [0.4, 0.5) is 0 Å². The lowest BCUT2D eigenvalue weighted by atomic mass is 9.53. The van der Waals surface area contributed by atoms with Crippen molar-refractivity contribution in [3.05, 3.63) is 23.8 Å². The Morgan fingerprint density at radius 2 is 1.71 bits per heavy atom. The van der Waals surface area contributed by atoms with Gasteiger partial charge in [0.05, 0.1) is 6.10 Å². The first-order chi connectivity index (χ1) is 13.2. The van der Waals surface area contributed by atoms with Gasteiger partial charge in [0.1, 0.15) is 0 Å². The first-order valence-corrected chi connectivity index (χ1v) is 12.2. The van der Waals surface area contributed by atoms with E-state index in [2.05, 4.69) is 59.8 Å². The number of rotatable bonds is 4. The average Bonchev–Trinajstić information content (AvgIpc) is 3.13. The maximum atomic E-state index is 10.3. The van der Waals surface area contributed by atoms with Crippen molar-refractivity contribution in [3.63, 3.8) is 0 Å². The second-order valence-electron chi connectivity index (χ2n) is 11.9. The summed E-state index contributed by atoms with van der Waals surface area (Å²) in [7, 11) is 0. The number of hydrogen-bond acceptors (Lipinski definition) is 1. The van der Waals surface area contributed by atoms with Crippen LogP contribution in [0.5, 0.6) is 0 Å². The van der Waals surface area contributed by atoms with Gasteiger partial charge in [-0.05, 0) is 97.2 Å². The highest BCUT2D eigenvalue weighted by Gasteiger charge is 2.60. The molecular weight excluding hydrogens is 340 g/mol. The van der Waals surface area contributed by atoms with Gasteiger partial charge in [-0.1, -0.05) is 65.3 Å². The Bertz CT molecular complexity index is 645. The summed E-state index contributed by atoms with van der Waals surface area (Å²) in [4.78, 5) is 0. The molecule has 0 radical (unpaired) electrons. The molecule has 0 bridgehead atoms. The summed E-state index contributed by atoms with van der Waals surface area (Å²) in [6, 6.07) is 0. The van der Waals surface area contributed by atoms with E-state index in [1.165, 1.54) is 32.1 Å². The Hall–Kier alpha value is -0.560. The molecule has 0 saturated heterocycles. The summed E-state index contributed by atoms with van der Waals surface area (Å²) < 4.78 is 0. The van der Waals surface area contributed by atoms with E-state index in [1.54, 1.807) is 5.57 Å². The molecule has 0 aliphatic heterocycles. The second-order valence-corrected chi connectivity index (χ2v) is 11.9. The van der Waals surface area contributed by atoms with Crippen molar-refractivity contribution in [1.29, 1.82) is 0 Å². The monoisotopic (exact) mass is 384 g/mol. The molecular formula is C27H44O. The van der Waals surface area contributed by atoms with Crippen molar-refractivity contribution in [3.8, 4) is 0 Å². The number of hydrogen-bond donors (Lipinski definition) is 1. The summed E-state index contributed by atoms with van der Waals surface area (Å²) in [6.07, 6.45) is 16.5. The Morgan fingerprint density at radius 3 is 2.43 bits per heavy atom. The molecule has 0 aromatic rings. The molecule has 0 heterocycles. The molecule has 4 rings (SSSR count). The molecule has 4 aliphatic rings. The van der Waals surface area contributed by atoms with Crippen molar-refractivity contribution < 1.29 is 5.11 Å². The Labute approximate surface area is 174 Å². The molecule has 4 aliphatic carbocycles. The Morgan fingerprint density at radius 1 is 0.964 bits per heavy atom. The van der Waals surface area contributed by atoms with Gasteiger partial charge in [-0.15, -0.1) is 0 Å². The van der Waals surface area contributed by atoms with Crippen LogP contribution in [0.25, 0.3) is 0 Å². The van der Waals surface area contributed by atoms with Crippen LogP contribution in [-0.4, -0.2) is 11.2 Å². The predicted molar refractivity (Wildman–Crippen MR) is 119 cm³/mol. The molecule has 158 valence electrons. The van der Waals surface area contributed by atoms with Crippen molar-refractivity contribution in [2.24, 2.45) is 52.3 Å². The van der Waals surface area contributed by atoms with E-state index in [0.29, 0.717) is 22.7 Å². The van der Waals surface area contributed by atoms with Crippen LogP contribution >= 0.6 is 0 Å². The lowest BCUT2D eigenvalue weighted by Crippen LogP contribution is -2.45. The van der Waals surface area contributed by atoms with Crippen molar-refractivity contribution in [1.82, 2.24) is 0 Å².